The Morgan fingerprint density at radius 1 is 1.33 bits per heavy atom. The van der Waals surface area contributed by atoms with Crippen LogP contribution in [0.4, 0.5) is 0 Å². The topological polar surface area (TPSA) is 17.1 Å². The van der Waals surface area contributed by atoms with Gasteiger partial charge in [0.15, 0.2) is 5.78 Å². The molecular formula is C11H14O. The summed E-state index contributed by atoms with van der Waals surface area (Å²) >= 11 is 0. The van der Waals surface area contributed by atoms with Gasteiger partial charge in [0.05, 0.1) is 0 Å². The average Bonchev–Trinajstić information content (AvgIpc) is 2.03. The van der Waals surface area contributed by atoms with Gasteiger partial charge in [-0.05, 0) is 18.9 Å². The smallest absolute Gasteiger partial charge is 0.152 e. The Labute approximate surface area is 73.5 Å². The Bertz CT molecular complexity index is 246. The number of allylic oxidation sites excluding steroid dienone is 6. The van der Waals surface area contributed by atoms with Gasteiger partial charge in [0.2, 0.25) is 0 Å². The van der Waals surface area contributed by atoms with Gasteiger partial charge < -0.3 is 0 Å². The summed E-state index contributed by atoms with van der Waals surface area (Å²) in [5.41, 5.74) is 0. The van der Waals surface area contributed by atoms with Gasteiger partial charge >= 0.3 is 0 Å². The lowest BCUT2D eigenvalue weighted by Crippen LogP contribution is -2.06. The van der Waals surface area contributed by atoms with Crippen molar-refractivity contribution in [3.63, 3.8) is 0 Å². The van der Waals surface area contributed by atoms with Gasteiger partial charge in [-0.25, -0.2) is 0 Å². The lowest BCUT2D eigenvalue weighted by molar-refractivity contribution is -0.112. The number of rotatable bonds is 2. The normalized spacial score (nSPS) is 28.2. The van der Waals surface area contributed by atoms with Crippen LogP contribution in [0.3, 0.4) is 0 Å². The van der Waals surface area contributed by atoms with E-state index in [9.17, 15) is 4.79 Å². The van der Waals surface area contributed by atoms with Gasteiger partial charge in [-0.1, -0.05) is 37.3 Å². The summed E-state index contributed by atoms with van der Waals surface area (Å²) in [4.78, 5) is 10.7. The zero-order valence-electron chi connectivity index (χ0n) is 7.53. The first-order chi connectivity index (χ1) is 5.70. The first-order valence-corrected chi connectivity index (χ1v) is 4.24. The molecule has 1 rings (SSSR count). The molecule has 0 fully saturated rings. The van der Waals surface area contributed by atoms with Crippen LogP contribution in [-0.4, -0.2) is 5.78 Å². The van der Waals surface area contributed by atoms with Crippen molar-refractivity contribution in [2.75, 3.05) is 0 Å². The molecule has 0 N–H and O–H groups in total. The summed E-state index contributed by atoms with van der Waals surface area (Å²) < 4.78 is 0. The van der Waals surface area contributed by atoms with Crippen molar-refractivity contribution in [2.45, 2.75) is 13.8 Å². The lowest BCUT2D eigenvalue weighted by Gasteiger charge is -2.15. The molecule has 0 bridgehead atoms. The molecule has 2 atom stereocenters. The summed E-state index contributed by atoms with van der Waals surface area (Å²) in [7, 11) is 0. The molecule has 0 radical (unpaired) electrons. The fraction of sp³-hybridized carbons (Fsp3) is 0.364. The van der Waals surface area contributed by atoms with Crippen molar-refractivity contribution >= 4 is 5.78 Å². The lowest BCUT2D eigenvalue weighted by atomic mass is 9.90. The maximum absolute atomic E-state index is 10.7. The summed E-state index contributed by atoms with van der Waals surface area (Å²) in [6, 6.07) is 0. The Hall–Kier alpha value is -1.11. The fourth-order valence-corrected chi connectivity index (χ4v) is 1.22. The van der Waals surface area contributed by atoms with E-state index in [0.29, 0.717) is 11.8 Å². The molecule has 1 aliphatic rings. The predicted octanol–water partition coefficient (Wildman–Crippen LogP) is 2.51. The van der Waals surface area contributed by atoms with Crippen molar-refractivity contribution in [1.82, 2.24) is 0 Å². The second-order valence-electron chi connectivity index (χ2n) is 3.18. The minimum atomic E-state index is 0.116. The predicted molar refractivity (Wildman–Crippen MR) is 50.8 cm³/mol. The summed E-state index contributed by atoms with van der Waals surface area (Å²) in [5.74, 6) is 1.01. The summed E-state index contributed by atoms with van der Waals surface area (Å²) in [6.45, 7) is 3.72. The first kappa shape index (κ1) is 8.98. The molecule has 0 saturated carbocycles. The molecule has 0 aromatic rings. The van der Waals surface area contributed by atoms with E-state index in [4.69, 9.17) is 0 Å². The highest BCUT2D eigenvalue weighted by molar-refractivity contribution is 5.87. The third kappa shape index (κ3) is 2.50. The average molecular weight is 162 g/mol. The van der Waals surface area contributed by atoms with E-state index in [0.717, 1.165) is 0 Å². The van der Waals surface area contributed by atoms with Gasteiger partial charge in [-0.2, -0.15) is 0 Å². The molecule has 1 aliphatic carbocycles. The first-order valence-electron chi connectivity index (χ1n) is 4.24. The highest BCUT2D eigenvalue weighted by Crippen LogP contribution is 2.19. The van der Waals surface area contributed by atoms with E-state index < -0.39 is 0 Å². The zero-order valence-corrected chi connectivity index (χ0v) is 7.53. The van der Waals surface area contributed by atoms with Gasteiger partial charge in [0.1, 0.15) is 0 Å². The van der Waals surface area contributed by atoms with Crippen LogP contribution in [0.15, 0.2) is 36.5 Å². The van der Waals surface area contributed by atoms with Crippen molar-refractivity contribution in [1.29, 1.82) is 0 Å². The summed E-state index contributed by atoms with van der Waals surface area (Å²) in [5, 5.41) is 0. The van der Waals surface area contributed by atoms with Gasteiger partial charge in [0.25, 0.3) is 0 Å². The molecular weight excluding hydrogens is 148 g/mol. The molecule has 12 heavy (non-hydrogen) atoms. The van der Waals surface area contributed by atoms with Crippen LogP contribution >= 0.6 is 0 Å². The molecule has 1 heteroatoms. The third-order valence-electron chi connectivity index (χ3n) is 2.02. The molecule has 0 aromatic heterocycles. The minimum Gasteiger partial charge on any atom is -0.295 e. The Kier molecular flexibility index (Phi) is 3.03. The molecule has 0 spiro atoms. The monoisotopic (exact) mass is 162 g/mol. The van der Waals surface area contributed by atoms with Crippen LogP contribution < -0.4 is 0 Å². The fourth-order valence-electron chi connectivity index (χ4n) is 1.22. The number of hydrogen-bond acceptors (Lipinski definition) is 1. The van der Waals surface area contributed by atoms with Gasteiger partial charge in [-0.15, -0.1) is 0 Å². The van der Waals surface area contributed by atoms with E-state index in [1.807, 2.05) is 18.2 Å². The zero-order chi connectivity index (χ0) is 8.97. The highest BCUT2D eigenvalue weighted by Gasteiger charge is 2.09. The van der Waals surface area contributed by atoms with Gasteiger partial charge in [-0.3, -0.25) is 4.79 Å². The molecule has 1 nitrogen and oxygen atoms in total. The number of carbonyl (C=O) groups is 1. The maximum Gasteiger partial charge on any atom is 0.152 e. The van der Waals surface area contributed by atoms with Crippen LogP contribution in [0.5, 0.6) is 0 Å². The Morgan fingerprint density at radius 2 is 2.00 bits per heavy atom. The van der Waals surface area contributed by atoms with Crippen molar-refractivity contribution in [3.8, 4) is 0 Å². The minimum absolute atomic E-state index is 0.116. The SMILES string of the molecule is CC(=O)/C=C\C1C=CC=CC1C. The second-order valence-corrected chi connectivity index (χ2v) is 3.18. The standard InChI is InChI=1S/C11H14O/c1-9-5-3-4-6-11(9)8-7-10(2)12/h3-9,11H,1-2H3/b8-7-. The maximum atomic E-state index is 10.7. The van der Waals surface area contributed by atoms with E-state index in [2.05, 4.69) is 19.1 Å². The van der Waals surface area contributed by atoms with Crippen LogP contribution in [0, 0.1) is 11.8 Å². The molecule has 0 saturated heterocycles. The van der Waals surface area contributed by atoms with E-state index in [-0.39, 0.29) is 5.78 Å². The van der Waals surface area contributed by atoms with Crippen molar-refractivity contribution in [3.05, 3.63) is 36.5 Å². The Morgan fingerprint density at radius 3 is 2.58 bits per heavy atom. The Balaban J connectivity index is 2.58. The van der Waals surface area contributed by atoms with Crippen LogP contribution in [0.25, 0.3) is 0 Å². The van der Waals surface area contributed by atoms with E-state index in [1.54, 1.807) is 13.0 Å². The number of carbonyl (C=O) groups excluding carboxylic acids is 1. The van der Waals surface area contributed by atoms with Crippen LogP contribution in [0.2, 0.25) is 0 Å². The number of hydrogen-bond donors (Lipinski definition) is 0. The molecule has 64 valence electrons. The van der Waals surface area contributed by atoms with E-state index in [1.165, 1.54) is 0 Å². The summed E-state index contributed by atoms with van der Waals surface area (Å²) in [6.07, 6.45) is 11.9. The molecule has 0 heterocycles. The quantitative estimate of drug-likeness (QED) is 0.570. The number of ketones is 1. The molecule has 0 amide bonds. The third-order valence-corrected chi connectivity index (χ3v) is 2.02. The van der Waals surface area contributed by atoms with Crippen LogP contribution in [0.1, 0.15) is 13.8 Å². The largest absolute Gasteiger partial charge is 0.295 e. The van der Waals surface area contributed by atoms with Crippen LogP contribution in [-0.2, 0) is 4.79 Å². The highest BCUT2D eigenvalue weighted by atomic mass is 16.1. The molecule has 0 aromatic carbocycles. The van der Waals surface area contributed by atoms with Crippen molar-refractivity contribution < 1.29 is 4.79 Å². The molecule has 0 aliphatic heterocycles. The van der Waals surface area contributed by atoms with E-state index >= 15 is 0 Å². The molecule has 2 unspecified atom stereocenters. The van der Waals surface area contributed by atoms with Crippen molar-refractivity contribution in [2.24, 2.45) is 11.8 Å². The second kappa shape index (κ2) is 4.05. The van der Waals surface area contributed by atoms with Gasteiger partial charge in [0, 0.05) is 5.92 Å².